The number of nitrogens with zero attached hydrogens (tertiary/aromatic N) is 6. The van der Waals surface area contributed by atoms with Crippen molar-refractivity contribution in [1.29, 1.82) is 0 Å². The standard InChI is InChI=1S/C24H26N8O/c1-14-10-17(11-15(2)16(14)3)31-12-20(27-13-31)28-24-29-22-18(6-4-8-26-22)23(30-24)32-9-5-7-19(32)21(25)33/h4,6,8,10-13,19H,5,7,9H2,1-3H3,(H2,25,33)(H,26,28,29,30)/t19-/m0/s1. The summed E-state index contributed by atoms with van der Waals surface area (Å²) in [5.74, 6) is 1.29. The second-order valence-electron chi connectivity index (χ2n) is 8.49. The topological polar surface area (TPSA) is 115 Å². The highest BCUT2D eigenvalue weighted by molar-refractivity contribution is 5.92. The normalized spacial score (nSPS) is 15.8. The number of anilines is 3. The van der Waals surface area contributed by atoms with Crippen molar-refractivity contribution in [3.05, 3.63) is 59.7 Å². The number of primary amides is 1. The number of nitrogens with two attached hydrogens (primary N) is 1. The van der Waals surface area contributed by atoms with Gasteiger partial charge in [0.05, 0.1) is 11.6 Å². The van der Waals surface area contributed by atoms with Crippen molar-refractivity contribution in [2.24, 2.45) is 5.73 Å². The molecule has 0 spiro atoms. The molecule has 0 radical (unpaired) electrons. The van der Waals surface area contributed by atoms with Crippen molar-refractivity contribution in [2.45, 2.75) is 39.7 Å². The van der Waals surface area contributed by atoms with Crippen molar-refractivity contribution in [1.82, 2.24) is 24.5 Å². The lowest BCUT2D eigenvalue weighted by molar-refractivity contribution is -0.119. The van der Waals surface area contributed by atoms with Gasteiger partial charge in [-0.2, -0.15) is 9.97 Å². The molecule has 0 saturated carbocycles. The summed E-state index contributed by atoms with van der Waals surface area (Å²) in [6, 6.07) is 7.64. The molecule has 3 aromatic heterocycles. The monoisotopic (exact) mass is 442 g/mol. The lowest BCUT2D eigenvalue weighted by atomic mass is 10.0. The molecule has 0 bridgehead atoms. The number of nitrogens with one attached hydrogen (secondary N) is 1. The highest BCUT2D eigenvalue weighted by Gasteiger charge is 2.31. The molecule has 1 aromatic carbocycles. The average Bonchev–Trinajstić information content (AvgIpc) is 3.46. The Labute approximate surface area is 191 Å². The minimum atomic E-state index is -0.386. The van der Waals surface area contributed by atoms with E-state index in [1.54, 1.807) is 12.5 Å². The van der Waals surface area contributed by atoms with Gasteiger partial charge in [-0.25, -0.2) is 9.97 Å². The Balaban J connectivity index is 1.50. The molecular weight excluding hydrogens is 416 g/mol. The third kappa shape index (κ3) is 3.86. The summed E-state index contributed by atoms with van der Waals surface area (Å²) in [6.07, 6.45) is 6.94. The lowest BCUT2D eigenvalue weighted by Crippen LogP contribution is -2.41. The number of benzene rings is 1. The smallest absolute Gasteiger partial charge is 0.240 e. The van der Waals surface area contributed by atoms with Gasteiger partial charge in [0.1, 0.15) is 18.2 Å². The molecule has 3 N–H and O–H groups in total. The van der Waals surface area contributed by atoms with Gasteiger partial charge in [-0.3, -0.25) is 4.79 Å². The lowest BCUT2D eigenvalue weighted by Gasteiger charge is -2.24. The van der Waals surface area contributed by atoms with Crippen LogP contribution in [0.2, 0.25) is 0 Å². The number of carbonyl (C=O) groups is 1. The van der Waals surface area contributed by atoms with Crippen molar-refractivity contribution in [3.8, 4) is 5.69 Å². The number of aryl methyl sites for hydroxylation is 2. The van der Waals surface area contributed by atoms with E-state index in [2.05, 4.69) is 53.2 Å². The zero-order valence-corrected chi connectivity index (χ0v) is 18.9. The number of pyridine rings is 1. The molecule has 0 unspecified atom stereocenters. The molecule has 5 rings (SSSR count). The van der Waals surface area contributed by atoms with Crippen LogP contribution in [0.3, 0.4) is 0 Å². The van der Waals surface area contributed by atoms with Crippen LogP contribution < -0.4 is 16.0 Å². The fraction of sp³-hybridized carbons (Fsp3) is 0.292. The highest BCUT2D eigenvalue weighted by Crippen LogP contribution is 2.31. The van der Waals surface area contributed by atoms with Crippen LogP contribution in [0.1, 0.15) is 29.5 Å². The first-order valence-electron chi connectivity index (χ1n) is 11.0. The molecule has 1 saturated heterocycles. The van der Waals surface area contributed by atoms with Gasteiger partial charge in [0.25, 0.3) is 0 Å². The maximum atomic E-state index is 12.0. The van der Waals surface area contributed by atoms with Crippen molar-refractivity contribution < 1.29 is 4.79 Å². The van der Waals surface area contributed by atoms with Crippen molar-refractivity contribution in [3.63, 3.8) is 0 Å². The van der Waals surface area contributed by atoms with Crippen LogP contribution in [-0.2, 0) is 4.79 Å². The molecule has 1 aliphatic heterocycles. The van der Waals surface area contributed by atoms with E-state index in [1.165, 1.54) is 16.7 Å². The second kappa shape index (κ2) is 8.16. The number of rotatable bonds is 5. The number of aromatic nitrogens is 5. The van der Waals surface area contributed by atoms with Gasteiger partial charge in [-0.05, 0) is 74.6 Å². The summed E-state index contributed by atoms with van der Waals surface area (Å²) in [6.45, 7) is 7.05. The summed E-state index contributed by atoms with van der Waals surface area (Å²) >= 11 is 0. The third-order valence-corrected chi connectivity index (χ3v) is 6.34. The van der Waals surface area contributed by atoms with E-state index in [0.29, 0.717) is 36.2 Å². The first-order valence-corrected chi connectivity index (χ1v) is 11.0. The maximum absolute atomic E-state index is 12.0. The largest absolute Gasteiger partial charge is 0.368 e. The molecule has 1 fully saturated rings. The number of hydrogen-bond donors (Lipinski definition) is 2. The van der Waals surface area contributed by atoms with Gasteiger partial charge < -0.3 is 20.5 Å². The van der Waals surface area contributed by atoms with E-state index in [9.17, 15) is 4.79 Å². The minimum absolute atomic E-state index is 0.347. The van der Waals surface area contributed by atoms with Gasteiger partial charge in [0.15, 0.2) is 11.5 Å². The summed E-state index contributed by atoms with van der Waals surface area (Å²) in [4.78, 5) is 32.1. The van der Waals surface area contributed by atoms with Crippen LogP contribution in [0, 0.1) is 20.8 Å². The summed E-state index contributed by atoms with van der Waals surface area (Å²) < 4.78 is 1.96. The third-order valence-electron chi connectivity index (χ3n) is 6.34. The molecule has 9 nitrogen and oxygen atoms in total. The van der Waals surface area contributed by atoms with Crippen LogP contribution in [-0.4, -0.2) is 43.0 Å². The molecule has 1 aliphatic rings. The Morgan fingerprint density at radius 2 is 1.94 bits per heavy atom. The molecule has 168 valence electrons. The Hall–Kier alpha value is -4.01. The molecule has 4 heterocycles. The van der Waals surface area contributed by atoms with E-state index >= 15 is 0 Å². The van der Waals surface area contributed by atoms with E-state index in [0.717, 1.165) is 17.5 Å². The van der Waals surface area contributed by atoms with Gasteiger partial charge in [-0.1, -0.05) is 0 Å². The molecule has 9 heteroatoms. The number of amides is 1. The van der Waals surface area contributed by atoms with Crippen LogP contribution in [0.15, 0.2) is 43.0 Å². The molecular formula is C24H26N8O. The van der Waals surface area contributed by atoms with Gasteiger partial charge in [0, 0.05) is 18.4 Å². The van der Waals surface area contributed by atoms with Crippen molar-refractivity contribution in [2.75, 3.05) is 16.8 Å². The van der Waals surface area contributed by atoms with E-state index in [4.69, 9.17) is 10.7 Å². The summed E-state index contributed by atoms with van der Waals surface area (Å²) in [5.41, 5.74) is 11.0. The number of carbonyl (C=O) groups excluding carboxylic acids is 1. The molecule has 33 heavy (non-hydrogen) atoms. The van der Waals surface area contributed by atoms with E-state index in [1.807, 2.05) is 27.8 Å². The minimum Gasteiger partial charge on any atom is -0.368 e. The number of hydrogen-bond acceptors (Lipinski definition) is 7. The first-order chi connectivity index (χ1) is 15.9. The number of fused-ring (bicyclic) bond motifs is 1. The van der Waals surface area contributed by atoms with Crippen LogP contribution in [0.25, 0.3) is 16.7 Å². The Morgan fingerprint density at radius 1 is 1.15 bits per heavy atom. The Kier molecular flexibility index (Phi) is 5.16. The van der Waals surface area contributed by atoms with Crippen molar-refractivity contribution >= 4 is 34.5 Å². The predicted octanol–water partition coefficient (Wildman–Crippen LogP) is 3.33. The van der Waals surface area contributed by atoms with E-state index < -0.39 is 0 Å². The quantitative estimate of drug-likeness (QED) is 0.487. The average molecular weight is 443 g/mol. The Bertz CT molecular complexity index is 1340. The predicted molar refractivity (Wildman–Crippen MR) is 128 cm³/mol. The molecule has 1 atom stereocenters. The second-order valence-corrected chi connectivity index (χ2v) is 8.49. The zero-order chi connectivity index (χ0) is 23.1. The summed E-state index contributed by atoms with van der Waals surface area (Å²) in [7, 11) is 0. The van der Waals surface area contributed by atoms with Crippen LogP contribution in [0.4, 0.5) is 17.6 Å². The van der Waals surface area contributed by atoms with Crippen LogP contribution >= 0.6 is 0 Å². The molecule has 1 amide bonds. The maximum Gasteiger partial charge on any atom is 0.240 e. The summed E-state index contributed by atoms with van der Waals surface area (Å²) in [5, 5.41) is 3.98. The number of imidazole rings is 1. The van der Waals surface area contributed by atoms with E-state index in [-0.39, 0.29) is 11.9 Å². The van der Waals surface area contributed by atoms with Gasteiger partial charge in [-0.15, -0.1) is 0 Å². The van der Waals surface area contributed by atoms with Gasteiger partial charge in [0.2, 0.25) is 11.9 Å². The first kappa shape index (κ1) is 20.9. The van der Waals surface area contributed by atoms with Gasteiger partial charge >= 0.3 is 0 Å². The van der Waals surface area contributed by atoms with Crippen LogP contribution in [0.5, 0.6) is 0 Å². The SMILES string of the molecule is Cc1cc(-n2cnc(Nc3nc(N4CCC[C@H]4C(N)=O)c4cccnc4n3)c2)cc(C)c1C. The highest BCUT2D eigenvalue weighted by atomic mass is 16.1. The zero-order valence-electron chi connectivity index (χ0n) is 18.9. The fourth-order valence-corrected chi connectivity index (χ4v) is 4.34. The molecule has 4 aromatic rings. The molecule has 0 aliphatic carbocycles. The fourth-order valence-electron chi connectivity index (χ4n) is 4.34. The Morgan fingerprint density at radius 3 is 2.70 bits per heavy atom.